The van der Waals surface area contributed by atoms with Gasteiger partial charge in [-0.05, 0) is 17.3 Å². The first kappa shape index (κ1) is 12.8. The number of benzene rings is 1. The molecule has 1 aromatic carbocycles. The minimum atomic E-state index is -0.763. The first-order valence-corrected chi connectivity index (χ1v) is 5.72. The van der Waals surface area contributed by atoms with Gasteiger partial charge in [-0.2, -0.15) is 4.80 Å². The van der Waals surface area contributed by atoms with Gasteiger partial charge in [0, 0.05) is 17.0 Å². The van der Waals surface area contributed by atoms with Gasteiger partial charge in [0.15, 0.2) is 5.82 Å². The highest BCUT2D eigenvalue weighted by Gasteiger charge is 2.16. The van der Waals surface area contributed by atoms with Gasteiger partial charge in [-0.3, -0.25) is 0 Å². The zero-order valence-corrected chi connectivity index (χ0v) is 10.8. The maximum atomic E-state index is 10.1. The van der Waals surface area contributed by atoms with E-state index < -0.39 is 6.10 Å². The monoisotopic (exact) mass is 268 g/mol. The molecule has 7 heteroatoms. The van der Waals surface area contributed by atoms with Gasteiger partial charge in [-0.15, -0.1) is 10.2 Å². The van der Waals surface area contributed by atoms with Crippen LogP contribution in [0.5, 0.6) is 5.75 Å². The van der Waals surface area contributed by atoms with Crippen LogP contribution < -0.4 is 4.74 Å². The van der Waals surface area contributed by atoms with E-state index in [-0.39, 0.29) is 6.42 Å². The van der Waals surface area contributed by atoms with Crippen LogP contribution in [0.15, 0.2) is 18.2 Å². The topological polar surface area (TPSA) is 73.1 Å². The standard InChI is InChI=1S/C11H13ClN4O2/c1-16-14-11(13-15-16)6-9(17)8-4-3-7(12)5-10(8)18-2/h3-5,9,17H,6H2,1-2H3. The fraction of sp³-hybridized carbons (Fsp3) is 0.364. The number of halogens is 1. The van der Waals surface area contributed by atoms with Crippen molar-refractivity contribution in [1.82, 2.24) is 20.2 Å². The quantitative estimate of drug-likeness (QED) is 0.900. The van der Waals surface area contributed by atoms with E-state index in [2.05, 4.69) is 15.4 Å². The van der Waals surface area contributed by atoms with Crippen molar-refractivity contribution in [3.8, 4) is 5.75 Å². The van der Waals surface area contributed by atoms with E-state index in [4.69, 9.17) is 16.3 Å². The molecule has 2 rings (SSSR count). The molecule has 2 aromatic rings. The molecule has 0 saturated carbocycles. The Balaban J connectivity index is 2.20. The highest BCUT2D eigenvalue weighted by Crippen LogP contribution is 2.29. The molecule has 0 radical (unpaired) electrons. The van der Waals surface area contributed by atoms with Gasteiger partial charge < -0.3 is 9.84 Å². The number of ether oxygens (including phenoxy) is 1. The second-order valence-corrected chi connectivity index (χ2v) is 4.24. The van der Waals surface area contributed by atoms with Crippen molar-refractivity contribution < 1.29 is 9.84 Å². The maximum Gasteiger partial charge on any atom is 0.177 e. The van der Waals surface area contributed by atoms with Gasteiger partial charge in [0.25, 0.3) is 0 Å². The van der Waals surface area contributed by atoms with Gasteiger partial charge in [0.2, 0.25) is 0 Å². The van der Waals surface area contributed by atoms with Gasteiger partial charge in [0.05, 0.1) is 20.3 Å². The third kappa shape index (κ3) is 2.77. The molecule has 1 heterocycles. The van der Waals surface area contributed by atoms with Crippen LogP contribution in [-0.2, 0) is 13.5 Å². The van der Waals surface area contributed by atoms with Crippen molar-refractivity contribution in [2.75, 3.05) is 7.11 Å². The predicted octanol–water partition coefficient (Wildman–Crippen LogP) is 1.15. The number of aliphatic hydroxyl groups excluding tert-OH is 1. The van der Waals surface area contributed by atoms with E-state index in [1.165, 1.54) is 11.9 Å². The third-order valence-corrected chi connectivity index (χ3v) is 2.72. The van der Waals surface area contributed by atoms with Crippen LogP contribution >= 0.6 is 11.6 Å². The molecule has 0 spiro atoms. The van der Waals surface area contributed by atoms with Crippen molar-refractivity contribution in [3.05, 3.63) is 34.6 Å². The van der Waals surface area contributed by atoms with Crippen LogP contribution in [0.4, 0.5) is 0 Å². The molecule has 96 valence electrons. The van der Waals surface area contributed by atoms with Crippen LogP contribution in [0.2, 0.25) is 5.02 Å². The average Bonchev–Trinajstić information content (AvgIpc) is 2.74. The van der Waals surface area contributed by atoms with E-state index in [9.17, 15) is 5.11 Å². The smallest absolute Gasteiger partial charge is 0.177 e. The Morgan fingerprint density at radius 3 is 2.89 bits per heavy atom. The van der Waals surface area contributed by atoms with E-state index >= 15 is 0 Å². The Kier molecular flexibility index (Phi) is 3.78. The van der Waals surface area contributed by atoms with Crippen LogP contribution in [0.25, 0.3) is 0 Å². The first-order valence-electron chi connectivity index (χ1n) is 5.34. The summed E-state index contributed by atoms with van der Waals surface area (Å²) in [7, 11) is 3.20. The zero-order chi connectivity index (χ0) is 13.1. The molecule has 0 aliphatic rings. The fourth-order valence-corrected chi connectivity index (χ4v) is 1.81. The Bertz CT molecular complexity index is 544. The maximum absolute atomic E-state index is 10.1. The summed E-state index contributed by atoms with van der Waals surface area (Å²) in [5, 5.41) is 22.3. The number of tetrazole rings is 1. The van der Waals surface area contributed by atoms with Crippen molar-refractivity contribution in [3.63, 3.8) is 0 Å². The lowest BCUT2D eigenvalue weighted by molar-refractivity contribution is 0.171. The molecule has 0 aliphatic carbocycles. The summed E-state index contributed by atoms with van der Waals surface area (Å²) < 4.78 is 5.18. The highest BCUT2D eigenvalue weighted by atomic mass is 35.5. The molecule has 6 nitrogen and oxygen atoms in total. The molecule has 1 unspecified atom stereocenters. The van der Waals surface area contributed by atoms with E-state index in [0.29, 0.717) is 22.2 Å². The molecular formula is C11H13ClN4O2. The summed E-state index contributed by atoms with van der Waals surface area (Å²) in [5.41, 5.74) is 0.648. The summed E-state index contributed by atoms with van der Waals surface area (Å²) in [6, 6.07) is 5.08. The number of hydrogen-bond donors (Lipinski definition) is 1. The van der Waals surface area contributed by atoms with Crippen molar-refractivity contribution >= 4 is 11.6 Å². The summed E-state index contributed by atoms with van der Waals surface area (Å²) >= 11 is 5.86. The molecule has 0 aliphatic heterocycles. The SMILES string of the molecule is COc1cc(Cl)ccc1C(O)Cc1nnn(C)n1. The average molecular weight is 269 g/mol. The number of nitrogens with zero attached hydrogens (tertiary/aromatic N) is 4. The predicted molar refractivity (Wildman–Crippen MR) is 65.5 cm³/mol. The number of methoxy groups -OCH3 is 1. The van der Waals surface area contributed by atoms with Crippen molar-refractivity contribution in [2.24, 2.45) is 7.05 Å². The van der Waals surface area contributed by atoms with E-state index in [0.717, 1.165) is 0 Å². The number of aliphatic hydroxyl groups is 1. The van der Waals surface area contributed by atoms with Crippen LogP contribution in [0.3, 0.4) is 0 Å². The Morgan fingerprint density at radius 2 is 2.28 bits per heavy atom. The second kappa shape index (κ2) is 5.32. The first-order chi connectivity index (χ1) is 8.60. The molecule has 0 bridgehead atoms. The molecule has 1 N–H and O–H groups in total. The van der Waals surface area contributed by atoms with Crippen molar-refractivity contribution in [1.29, 1.82) is 0 Å². The number of rotatable bonds is 4. The largest absolute Gasteiger partial charge is 0.496 e. The lowest BCUT2D eigenvalue weighted by atomic mass is 10.1. The minimum Gasteiger partial charge on any atom is -0.496 e. The Morgan fingerprint density at radius 1 is 1.50 bits per heavy atom. The summed E-state index contributed by atoms with van der Waals surface area (Å²) in [4.78, 5) is 1.35. The number of aromatic nitrogens is 4. The zero-order valence-electron chi connectivity index (χ0n) is 10.0. The van der Waals surface area contributed by atoms with Gasteiger partial charge in [-0.1, -0.05) is 17.7 Å². The van der Waals surface area contributed by atoms with E-state index in [1.807, 2.05) is 0 Å². The summed E-state index contributed by atoms with van der Waals surface area (Å²) in [5.74, 6) is 1.01. The van der Waals surface area contributed by atoms with E-state index in [1.54, 1.807) is 25.2 Å². The second-order valence-electron chi connectivity index (χ2n) is 3.80. The molecule has 1 atom stereocenters. The lowest BCUT2D eigenvalue weighted by Gasteiger charge is -2.13. The molecule has 0 amide bonds. The van der Waals surface area contributed by atoms with Crippen LogP contribution in [0, 0.1) is 0 Å². The third-order valence-electron chi connectivity index (χ3n) is 2.48. The summed E-state index contributed by atoms with van der Waals surface area (Å²) in [6.45, 7) is 0. The fourth-order valence-electron chi connectivity index (χ4n) is 1.65. The van der Waals surface area contributed by atoms with Crippen molar-refractivity contribution in [2.45, 2.75) is 12.5 Å². The molecular weight excluding hydrogens is 256 g/mol. The molecule has 0 saturated heterocycles. The van der Waals surface area contributed by atoms with Gasteiger partial charge in [0.1, 0.15) is 5.75 Å². The minimum absolute atomic E-state index is 0.270. The lowest BCUT2D eigenvalue weighted by Crippen LogP contribution is -2.06. The summed E-state index contributed by atoms with van der Waals surface area (Å²) in [6.07, 6.45) is -0.493. The highest BCUT2D eigenvalue weighted by molar-refractivity contribution is 6.30. The number of aryl methyl sites for hydroxylation is 1. The Hall–Kier alpha value is -1.66. The van der Waals surface area contributed by atoms with Crippen LogP contribution in [-0.4, -0.2) is 32.4 Å². The van der Waals surface area contributed by atoms with Gasteiger partial charge in [-0.25, -0.2) is 0 Å². The molecule has 18 heavy (non-hydrogen) atoms. The molecule has 1 aromatic heterocycles. The normalized spacial score (nSPS) is 12.4. The number of hydrogen-bond acceptors (Lipinski definition) is 5. The Labute approximate surface area is 109 Å². The van der Waals surface area contributed by atoms with Crippen LogP contribution in [0.1, 0.15) is 17.5 Å². The molecule has 0 fully saturated rings. The van der Waals surface area contributed by atoms with Gasteiger partial charge >= 0.3 is 0 Å².